The summed E-state index contributed by atoms with van der Waals surface area (Å²) in [7, 11) is 0. The molecule has 1 aliphatic rings. The fraction of sp³-hybridized carbons (Fsp3) is 0.556. The summed E-state index contributed by atoms with van der Waals surface area (Å²) in [6.07, 6.45) is -2.89. The quantitative estimate of drug-likeness (QED) is 0.858. The first-order valence-corrected chi connectivity index (χ1v) is 8.69. The van der Waals surface area contributed by atoms with Crippen LogP contribution in [0.5, 0.6) is 5.75 Å². The molecule has 0 radical (unpaired) electrons. The predicted molar refractivity (Wildman–Crippen MR) is 90.8 cm³/mol. The normalized spacial score (nSPS) is 17.7. The van der Waals surface area contributed by atoms with Gasteiger partial charge in [-0.05, 0) is 38.0 Å². The van der Waals surface area contributed by atoms with E-state index in [1.165, 1.54) is 6.07 Å². The lowest BCUT2D eigenvalue weighted by Gasteiger charge is -2.32. The van der Waals surface area contributed by atoms with Crippen LogP contribution in [0.1, 0.15) is 38.7 Å². The van der Waals surface area contributed by atoms with Crippen molar-refractivity contribution < 1.29 is 27.5 Å². The lowest BCUT2D eigenvalue weighted by Crippen LogP contribution is -2.43. The largest absolute Gasteiger partial charge is 0.492 e. The van der Waals surface area contributed by atoms with Crippen LogP contribution in [0, 0.1) is 5.92 Å². The fourth-order valence-electron chi connectivity index (χ4n) is 2.96. The summed E-state index contributed by atoms with van der Waals surface area (Å²) in [5.41, 5.74) is -0.867. The molecule has 144 valence electrons. The zero-order chi connectivity index (χ0) is 19.3. The summed E-state index contributed by atoms with van der Waals surface area (Å²) in [6, 6.07) is 3.00. The van der Waals surface area contributed by atoms with Crippen molar-refractivity contribution in [2.75, 3.05) is 25.0 Å². The van der Waals surface area contributed by atoms with E-state index in [2.05, 4.69) is 5.32 Å². The zero-order valence-corrected chi connectivity index (χ0v) is 14.9. The summed E-state index contributed by atoms with van der Waals surface area (Å²) in [5.74, 6) is -0.704. The Morgan fingerprint density at radius 1 is 1.31 bits per heavy atom. The smallest absolute Gasteiger partial charge is 0.416 e. The van der Waals surface area contributed by atoms with E-state index in [9.17, 15) is 22.8 Å². The SMILES string of the molecule is CCOc1ccc(C(F)(F)F)cc1NC(=O)C1CCCN(C(=O)CC)C1. The van der Waals surface area contributed by atoms with Gasteiger partial charge in [-0.15, -0.1) is 0 Å². The van der Waals surface area contributed by atoms with Crippen LogP contribution in [0.4, 0.5) is 18.9 Å². The van der Waals surface area contributed by atoms with Gasteiger partial charge >= 0.3 is 6.18 Å². The first-order valence-electron chi connectivity index (χ1n) is 8.69. The molecule has 1 aromatic rings. The van der Waals surface area contributed by atoms with Crippen LogP contribution in [0.15, 0.2) is 18.2 Å². The van der Waals surface area contributed by atoms with Crippen LogP contribution in [0.3, 0.4) is 0 Å². The average Bonchev–Trinajstić information content (AvgIpc) is 2.61. The number of nitrogens with zero attached hydrogens (tertiary/aromatic N) is 1. The van der Waals surface area contributed by atoms with E-state index >= 15 is 0 Å². The van der Waals surface area contributed by atoms with Crippen LogP contribution in [0.2, 0.25) is 0 Å². The highest BCUT2D eigenvalue weighted by molar-refractivity contribution is 5.94. The number of carbonyl (C=O) groups is 2. The number of alkyl halides is 3. The molecule has 5 nitrogen and oxygen atoms in total. The molecular formula is C18H23F3N2O3. The number of rotatable bonds is 5. The lowest BCUT2D eigenvalue weighted by atomic mass is 9.96. The van der Waals surface area contributed by atoms with Crippen molar-refractivity contribution in [3.05, 3.63) is 23.8 Å². The minimum Gasteiger partial charge on any atom is -0.492 e. The Hall–Kier alpha value is -2.25. The molecule has 1 N–H and O–H groups in total. The molecule has 8 heteroatoms. The second-order valence-electron chi connectivity index (χ2n) is 6.16. The minimum atomic E-state index is -4.51. The van der Waals surface area contributed by atoms with Gasteiger partial charge in [-0.25, -0.2) is 0 Å². The zero-order valence-electron chi connectivity index (χ0n) is 14.9. The lowest BCUT2D eigenvalue weighted by molar-refractivity contribution is -0.138. The van der Waals surface area contributed by atoms with Crippen LogP contribution in [-0.4, -0.2) is 36.4 Å². The predicted octanol–water partition coefficient (Wildman–Crippen LogP) is 3.69. The molecule has 1 unspecified atom stereocenters. The molecule has 1 fully saturated rings. The van der Waals surface area contributed by atoms with E-state index in [0.717, 1.165) is 12.1 Å². The van der Waals surface area contributed by atoms with Gasteiger partial charge in [0.15, 0.2) is 0 Å². The van der Waals surface area contributed by atoms with E-state index in [-0.39, 0.29) is 30.5 Å². The third-order valence-electron chi connectivity index (χ3n) is 4.31. The first-order chi connectivity index (χ1) is 12.3. The minimum absolute atomic E-state index is 0.00869. The second-order valence-corrected chi connectivity index (χ2v) is 6.16. The third kappa shape index (κ3) is 4.89. The number of hydrogen-bond donors (Lipinski definition) is 1. The van der Waals surface area contributed by atoms with Gasteiger partial charge in [-0.3, -0.25) is 9.59 Å². The molecule has 2 amide bonds. The Kier molecular flexibility index (Phi) is 6.50. The van der Waals surface area contributed by atoms with E-state index in [0.29, 0.717) is 25.8 Å². The van der Waals surface area contributed by atoms with Crippen LogP contribution in [-0.2, 0) is 15.8 Å². The van der Waals surface area contributed by atoms with Gasteiger partial charge in [0.1, 0.15) is 5.75 Å². The monoisotopic (exact) mass is 372 g/mol. The number of amides is 2. The summed E-state index contributed by atoms with van der Waals surface area (Å²) < 4.78 is 44.2. The molecule has 0 aromatic heterocycles. The number of hydrogen-bond acceptors (Lipinski definition) is 3. The van der Waals surface area contributed by atoms with Crippen LogP contribution >= 0.6 is 0 Å². The Labute approximate surface area is 150 Å². The molecule has 0 aliphatic carbocycles. The van der Waals surface area contributed by atoms with Crippen LogP contribution < -0.4 is 10.1 Å². The second kappa shape index (κ2) is 8.42. The third-order valence-corrected chi connectivity index (χ3v) is 4.31. The number of carbonyl (C=O) groups excluding carboxylic acids is 2. The van der Waals surface area contributed by atoms with Crippen molar-refractivity contribution in [3.63, 3.8) is 0 Å². The summed E-state index contributed by atoms with van der Waals surface area (Å²) in [4.78, 5) is 26.0. The molecule has 0 saturated carbocycles. The van der Waals surface area contributed by atoms with Gasteiger partial charge < -0.3 is 15.0 Å². The number of halogens is 3. The highest BCUT2D eigenvalue weighted by atomic mass is 19.4. The molecule has 2 rings (SSSR count). The molecule has 1 saturated heterocycles. The van der Waals surface area contributed by atoms with Crippen LogP contribution in [0.25, 0.3) is 0 Å². The number of nitrogens with one attached hydrogen (secondary N) is 1. The summed E-state index contributed by atoms with van der Waals surface area (Å²) >= 11 is 0. The Morgan fingerprint density at radius 3 is 2.65 bits per heavy atom. The maximum atomic E-state index is 13.0. The number of piperidine rings is 1. The van der Waals surface area contributed by atoms with Gasteiger partial charge in [-0.2, -0.15) is 13.2 Å². The Balaban J connectivity index is 2.17. The summed E-state index contributed by atoms with van der Waals surface area (Å²) in [5, 5.41) is 2.55. The summed E-state index contributed by atoms with van der Waals surface area (Å²) in [6.45, 7) is 4.60. The van der Waals surface area contributed by atoms with E-state index in [1.807, 2.05) is 0 Å². The number of benzene rings is 1. The topological polar surface area (TPSA) is 58.6 Å². The van der Waals surface area contributed by atoms with Gasteiger partial charge in [0.2, 0.25) is 11.8 Å². The number of ether oxygens (including phenoxy) is 1. The Bertz CT molecular complexity index is 662. The fourth-order valence-corrected chi connectivity index (χ4v) is 2.96. The van der Waals surface area contributed by atoms with Crippen molar-refractivity contribution >= 4 is 17.5 Å². The molecular weight excluding hydrogens is 349 g/mol. The van der Waals surface area contributed by atoms with Gasteiger partial charge in [0.25, 0.3) is 0 Å². The van der Waals surface area contributed by atoms with Gasteiger partial charge in [-0.1, -0.05) is 6.92 Å². The molecule has 0 spiro atoms. The maximum Gasteiger partial charge on any atom is 0.416 e. The van der Waals surface area contributed by atoms with Crippen molar-refractivity contribution in [1.29, 1.82) is 0 Å². The highest BCUT2D eigenvalue weighted by Crippen LogP contribution is 2.35. The highest BCUT2D eigenvalue weighted by Gasteiger charge is 2.32. The van der Waals surface area contributed by atoms with E-state index < -0.39 is 23.6 Å². The first kappa shape index (κ1) is 20.1. The standard InChI is InChI=1S/C18H23F3N2O3/c1-3-16(24)23-9-5-6-12(11-23)17(25)22-14-10-13(18(19,20)21)7-8-15(14)26-4-2/h7-8,10,12H,3-6,9,11H2,1-2H3,(H,22,25). The molecule has 1 atom stereocenters. The van der Waals surface area contributed by atoms with Crippen molar-refractivity contribution in [2.45, 2.75) is 39.3 Å². The average molecular weight is 372 g/mol. The molecule has 1 aliphatic heterocycles. The number of likely N-dealkylation sites (tertiary alicyclic amines) is 1. The van der Waals surface area contributed by atoms with Crippen molar-refractivity contribution in [1.82, 2.24) is 4.90 Å². The van der Waals surface area contributed by atoms with E-state index in [1.54, 1.807) is 18.7 Å². The van der Waals surface area contributed by atoms with Crippen molar-refractivity contribution in [3.8, 4) is 5.75 Å². The van der Waals surface area contributed by atoms with Gasteiger partial charge in [0, 0.05) is 19.5 Å². The molecule has 1 aromatic carbocycles. The van der Waals surface area contributed by atoms with Gasteiger partial charge in [0.05, 0.1) is 23.8 Å². The molecule has 26 heavy (non-hydrogen) atoms. The molecule has 0 bridgehead atoms. The Morgan fingerprint density at radius 2 is 2.04 bits per heavy atom. The molecule has 1 heterocycles. The number of anilines is 1. The van der Waals surface area contributed by atoms with Crippen molar-refractivity contribution in [2.24, 2.45) is 5.92 Å². The van der Waals surface area contributed by atoms with E-state index in [4.69, 9.17) is 4.74 Å². The maximum absolute atomic E-state index is 13.0.